The summed E-state index contributed by atoms with van der Waals surface area (Å²) in [5, 5.41) is 12.2. The molecule has 0 spiro atoms. The topological polar surface area (TPSA) is 66.4 Å². The van der Waals surface area contributed by atoms with E-state index in [0.717, 1.165) is 0 Å². The lowest BCUT2D eigenvalue weighted by atomic mass is 9.82. The highest BCUT2D eigenvalue weighted by Crippen LogP contribution is 2.29. The third-order valence-corrected chi connectivity index (χ3v) is 4.56. The van der Waals surface area contributed by atoms with E-state index in [1.54, 1.807) is 0 Å². The van der Waals surface area contributed by atoms with Gasteiger partial charge in [-0.05, 0) is 38.5 Å². The molecule has 0 saturated heterocycles. The SMILES string of the molecule is C[C@@H](NC(=O)[C@@H]1CC=CC[C@@H]1C(=O)O)C1CCCC1. The van der Waals surface area contributed by atoms with E-state index in [0.29, 0.717) is 18.8 Å². The van der Waals surface area contributed by atoms with Gasteiger partial charge in [0.25, 0.3) is 0 Å². The quantitative estimate of drug-likeness (QED) is 0.767. The van der Waals surface area contributed by atoms with Crippen molar-refractivity contribution < 1.29 is 14.7 Å². The van der Waals surface area contributed by atoms with Crippen molar-refractivity contribution >= 4 is 11.9 Å². The van der Waals surface area contributed by atoms with Crippen molar-refractivity contribution in [1.29, 1.82) is 0 Å². The molecule has 4 nitrogen and oxygen atoms in total. The van der Waals surface area contributed by atoms with Crippen molar-refractivity contribution in [3.05, 3.63) is 12.2 Å². The van der Waals surface area contributed by atoms with Gasteiger partial charge in [0.15, 0.2) is 0 Å². The summed E-state index contributed by atoms with van der Waals surface area (Å²) in [7, 11) is 0. The van der Waals surface area contributed by atoms with Gasteiger partial charge in [-0.25, -0.2) is 0 Å². The summed E-state index contributed by atoms with van der Waals surface area (Å²) in [6.07, 6.45) is 9.63. The van der Waals surface area contributed by atoms with Gasteiger partial charge in [-0.3, -0.25) is 9.59 Å². The van der Waals surface area contributed by atoms with Crippen LogP contribution in [0.1, 0.15) is 45.4 Å². The third-order valence-electron chi connectivity index (χ3n) is 4.56. The van der Waals surface area contributed by atoms with Crippen molar-refractivity contribution in [2.75, 3.05) is 0 Å². The van der Waals surface area contributed by atoms with Crippen LogP contribution in [-0.4, -0.2) is 23.0 Å². The van der Waals surface area contributed by atoms with E-state index >= 15 is 0 Å². The molecule has 2 aliphatic rings. The highest BCUT2D eigenvalue weighted by Gasteiger charge is 2.35. The van der Waals surface area contributed by atoms with Gasteiger partial charge < -0.3 is 10.4 Å². The van der Waals surface area contributed by atoms with Gasteiger partial charge in [-0.2, -0.15) is 0 Å². The van der Waals surface area contributed by atoms with Crippen LogP contribution in [0.15, 0.2) is 12.2 Å². The molecule has 0 aromatic carbocycles. The molecule has 1 fully saturated rings. The number of nitrogens with one attached hydrogen (secondary N) is 1. The molecule has 0 aromatic rings. The standard InChI is InChI=1S/C15H23NO3/c1-10(11-6-2-3-7-11)16-14(17)12-8-4-5-9-13(12)15(18)19/h4-5,10-13H,2-3,6-9H2,1H3,(H,16,17)(H,18,19)/t10-,12-,13+/m1/s1. The molecule has 2 rings (SSSR count). The lowest BCUT2D eigenvalue weighted by Gasteiger charge is -2.27. The second-order valence-electron chi connectivity index (χ2n) is 5.84. The van der Waals surface area contributed by atoms with Crippen LogP contribution in [0.4, 0.5) is 0 Å². The Morgan fingerprint density at radius 3 is 2.32 bits per heavy atom. The number of carboxylic acids is 1. The Morgan fingerprint density at radius 1 is 1.16 bits per heavy atom. The number of amides is 1. The third kappa shape index (κ3) is 3.37. The number of rotatable bonds is 4. The Hall–Kier alpha value is -1.32. The maximum absolute atomic E-state index is 12.3. The summed E-state index contributed by atoms with van der Waals surface area (Å²) in [6.45, 7) is 2.04. The largest absolute Gasteiger partial charge is 0.481 e. The molecular weight excluding hydrogens is 242 g/mol. The van der Waals surface area contributed by atoms with E-state index in [2.05, 4.69) is 5.32 Å². The Morgan fingerprint density at radius 2 is 1.74 bits per heavy atom. The highest BCUT2D eigenvalue weighted by molar-refractivity contribution is 5.85. The van der Waals surface area contributed by atoms with Crippen LogP contribution in [0.2, 0.25) is 0 Å². The first-order valence-electron chi connectivity index (χ1n) is 7.27. The van der Waals surface area contributed by atoms with E-state index in [9.17, 15) is 14.7 Å². The zero-order valence-electron chi connectivity index (χ0n) is 11.5. The molecule has 0 bridgehead atoms. The molecule has 1 amide bonds. The zero-order valence-corrected chi connectivity index (χ0v) is 11.5. The maximum Gasteiger partial charge on any atom is 0.307 e. The summed E-state index contributed by atoms with van der Waals surface area (Å²) in [6, 6.07) is 0.162. The Balaban J connectivity index is 1.94. The monoisotopic (exact) mass is 265 g/mol. The normalized spacial score (nSPS) is 29.1. The molecule has 2 N–H and O–H groups in total. The van der Waals surface area contributed by atoms with Gasteiger partial charge >= 0.3 is 5.97 Å². The van der Waals surface area contributed by atoms with Gasteiger partial charge in [-0.1, -0.05) is 25.0 Å². The molecule has 0 aromatic heterocycles. The second kappa shape index (κ2) is 6.22. The van der Waals surface area contributed by atoms with E-state index in [1.807, 2.05) is 19.1 Å². The number of carbonyl (C=O) groups excluding carboxylic acids is 1. The molecule has 0 aliphatic heterocycles. The van der Waals surface area contributed by atoms with E-state index in [4.69, 9.17) is 0 Å². The molecule has 19 heavy (non-hydrogen) atoms. The van der Waals surface area contributed by atoms with Crippen molar-refractivity contribution in [3.63, 3.8) is 0 Å². The number of carbonyl (C=O) groups is 2. The molecule has 2 aliphatic carbocycles. The summed E-state index contributed by atoms with van der Waals surface area (Å²) in [5.74, 6) is -1.37. The molecule has 1 saturated carbocycles. The average Bonchev–Trinajstić information content (AvgIpc) is 2.92. The minimum Gasteiger partial charge on any atom is -0.481 e. The first-order chi connectivity index (χ1) is 9.09. The van der Waals surface area contributed by atoms with Crippen LogP contribution in [0.5, 0.6) is 0 Å². The van der Waals surface area contributed by atoms with Crippen LogP contribution in [0.3, 0.4) is 0 Å². The fourth-order valence-electron chi connectivity index (χ4n) is 3.28. The molecule has 3 atom stereocenters. The van der Waals surface area contributed by atoms with Gasteiger partial charge in [0, 0.05) is 6.04 Å². The Kier molecular flexibility index (Phi) is 4.61. The number of carboxylic acid groups (broad SMARTS) is 1. The van der Waals surface area contributed by atoms with Gasteiger partial charge in [-0.15, -0.1) is 0 Å². The number of hydrogen-bond donors (Lipinski definition) is 2. The minimum absolute atomic E-state index is 0.0869. The van der Waals surface area contributed by atoms with Crippen LogP contribution < -0.4 is 5.32 Å². The van der Waals surface area contributed by atoms with E-state index < -0.39 is 17.8 Å². The fourth-order valence-corrected chi connectivity index (χ4v) is 3.28. The molecule has 106 valence electrons. The Labute approximate surface area is 114 Å². The summed E-state index contributed by atoms with van der Waals surface area (Å²) in [5.41, 5.74) is 0. The summed E-state index contributed by atoms with van der Waals surface area (Å²) < 4.78 is 0. The van der Waals surface area contributed by atoms with Crippen molar-refractivity contribution in [1.82, 2.24) is 5.32 Å². The van der Waals surface area contributed by atoms with Crippen LogP contribution in [0, 0.1) is 17.8 Å². The molecule has 4 heteroatoms. The predicted molar refractivity (Wildman–Crippen MR) is 72.6 cm³/mol. The highest BCUT2D eigenvalue weighted by atomic mass is 16.4. The first kappa shape index (κ1) is 14.1. The van der Waals surface area contributed by atoms with Crippen molar-refractivity contribution in [3.8, 4) is 0 Å². The molecule has 0 heterocycles. The number of allylic oxidation sites excluding steroid dienone is 2. The second-order valence-corrected chi connectivity index (χ2v) is 5.84. The fraction of sp³-hybridized carbons (Fsp3) is 0.733. The van der Waals surface area contributed by atoms with Crippen molar-refractivity contribution in [2.24, 2.45) is 17.8 Å². The van der Waals surface area contributed by atoms with Gasteiger partial charge in [0.1, 0.15) is 0 Å². The van der Waals surface area contributed by atoms with Gasteiger partial charge in [0.2, 0.25) is 5.91 Å². The van der Waals surface area contributed by atoms with Gasteiger partial charge in [0.05, 0.1) is 11.8 Å². The van der Waals surface area contributed by atoms with Crippen LogP contribution >= 0.6 is 0 Å². The van der Waals surface area contributed by atoms with Crippen LogP contribution in [-0.2, 0) is 9.59 Å². The summed E-state index contributed by atoms with van der Waals surface area (Å²) >= 11 is 0. The smallest absolute Gasteiger partial charge is 0.307 e. The molecular formula is C15H23NO3. The Bertz CT molecular complexity index is 372. The summed E-state index contributed by atoms with van der Waals surface area (Å²) in [4.78, 5) is 23.5. The first-order valence-corrected chi connectivity index (χ1v) is 7.27. The van der Waals surface area contributed by atoms with Crippen molar-refractivity contribution in [2.45, 2.75) is 51.5 Å². The molecule has 0 unspecified atom stereocenters. The number of aliphatic carboxylic acids is 1. The lowest BCUT2D eigenvalue weighted by Crippen LogP contribution is -2.44. The zero-order chi connectivity index (χ0) is 13.8. The number of hydrogen-bond acceptors (Lipinski definition) is 2. The maximum atomic E-state index is 12.3. The molecule has 0 radical (unpaired) electrons. The van der Waals surface area contributed by atoms with E-state index in [1.165, 1.54) is 25.7 Å². The van der Waals surface area contributed by atoms with Crippen LogP contribution in [0.25, 0.3) is 0 Å². The van der Waals surface area contributed by atoms with E-state index in [-0.39, 0.29) is 11.9 Å². The predicted octanol–water partition coefficient (Wildman–Crippen LogP) is 2.35. The minimum atomic E-state index is -0.863. The lowest BCUT2D eigenvalue weighted by molar-refractivity contribution is -0.147. The average molecular weight is 265 g/mol.